The van der Waals surface area contributed by atoms with Crippen LogP contribution in [0.3, 0.4) is 0 Å². The van der Waals surface area contributed by atoms with Gasteiger partial charge in [-0.3, -0.25) is 14.5 Å². The minimum absolute atomic E-state index is 0.205. The Balaban J connectivity index is 0.994. The molecule has 1 fully saturated rings. The van der Waals surface area contributed by atoms with E-state index in [1.165, 1.54) is 4.90 Å². The number of aromatic amines is 1. The molecule has 2 aromatic carbocycles. The van der Waals surface area contributed by atoms with E-state index in [9.17, 15) is 14.7 Å². The Hall–Kier alpha value is -4.51. The van der Waals surface area contributed by atoms with Crippen LogP contribution >= 0.6 is 0 Å². The van der Waals surface area contributed by atoms with Gasteiger partial charge in [-0.25, -0.2) is 4.98 Å². The summed E-state index contributed by atoms with van der Waals surface area (Å²) in [5.41, 5.74) is 4.18. The van der Waals surface area contributed by atoms with E-state index < -0.39 is 0 Å². The highest BCUT2D eigenvalue weighted by Gasteiger charge is 2.34. The van der Waals surface area contributed by atoms with E-state index in [1.54, 1.807) is 30.6 Å². The molecular formula is C31H35N7O4. The average molecular weight is 570 g/mol. The second kappa shape index (κ2) is 12.2. The van der Waals surface area contributed by atoms with Crippen molar-refractivity contribution in [1.29, 1.82) is 0 Å². The first-order valence-electron chi connectivity index (χ1n) is 14.6. The van der Waals surface area contributed by atoms with Crippen LogP contribution in [-0.4, -0.2) is 67.1 Å². The molecule has 4 N–H and O–H groups in total. The SMILES string of the molecule is Cc1cc(OCCCCCN2C(=O)c3ccccc3C2=O)ccc1Nc1nc(N[C@H]2CC[C@H](O)CC2)c2nc[nH]c2n1. The Morgan fingerprint density at radius 2 is 1.76 bits per heavy atom. The first-order chi connectivity index (χ1) is 20.5. The van der Waals surface area contributed by atoms with Gasteiger partial charge in [0.1, 0.15) is 11.3 Å². The van der Waals surface area contributed by atoms with Crippen molar-refractivity contribution >= 4 is 40.4 Å². The lowest BCUT2D eigenvalue weighted by Gasteiger charge is -2.26. The Bertz CT molecular complexity index is 1560. The molecule has 0 atom stereocenters. The maximum Gasteiger partial charge on any atom is 0.261 e. The fourth-order valence-corrected chi connectivity index (χ4v) is 5.57. The number of nitrogens with one attached hydrogen (secondary N) is 3. The molecule has 11 nitrogen and oxygen atoms in total. The maximum absolute atomic E-state index is 12.5. The number of imidazole rings is 1. The molecule has 42 heavy (non-hydrogen) atoms. The Morgan fingerprint density at radius 3 is 2.50 bits per heavy atom. The quantitative estimate of drug-likeness (QED) is 0.145. The predicted molar refractivity (Wildman–Crippen MR) is 159 cm³/mol. The zero-order chi connectivity index (χ0) is 29.1. The molecule has 1 aliphatic carbocycles. The predicted octanol–water partition coefficient (Wildman–Crippen LogP) is 4.97. The number of carbonyl (C=O) groups is 2. The van der Waals surface area contributed by atoms with Gasteiger partial charge in [0.05, 0.1) is 30.2 Å². The highest BCUT2D eigenvalue weighted by atomic mass is 16.5. The number of anilines is 3. The molecule has 3 heterocycles. The molecule has 0 bridgehead atoms. The van der Waals surface area contributed by atoms with Crippen molar-refractivity contribution in [3.63, 3.8) is 0 Å². The van der Waals surface area contributed by atoms with Gasteiger partial charge in [-0.2, -0.15) is 9.97 Å². The lowest BCUT2D eigenvalue weighted by molar-refractivity contribution is 0.0651. The van der Waals surface area contributed by atoms with Gasteiger partial charge in [0.2, 0.25) is 5.95 Å². The van der Waals surface area contributed by atoms with Crippen molar-refractivity contribution in [2.45, 2.75) is 64.0 Å². The number of ether oxygens (including phenoxy) is 1. The lowest BCUT2D eigenvalue weighted by atomic mass is 9.93. The molecule has 4 aromatic rings. The minimum atomic E-state index is -0.219. The number of H-pyrrole nitrogens is 1. The summed E-state index contributed by atoms with van der Waals surface area (Å²) in [6.07, 6.45) is 7.11. The number of aliphatic hydroxyl groups is 1. The second-order valence-corrected chi connectivity index (χ2v) is 11.0. The first-order valence-corrected chi connectivity index (χ1v) is 14.6. The topological polar surface area (TPSA) is 145 Å². The number of aliphatic hydroxyl groups excluding tert-OH is 1. The molecule has 218 valence electrons. The molecule has 0 saturated heterocycles. The van der Waals surface area contributed by atoms with Gasteiger partial charge >= 0.3 is 0 Å². The van der Waals surface area contributed by atoms with Crippen LogP contribution < -0.4 is 15.4 Å². The van der Waals surface area contributed by atoms with Gasteiger partial charge in [0.15, 0.2) is 11.5 Å². The molecule has 2 aromatic heterocycles. The summed E-state index contributed by atoms with van der Waals surface area (Å²) in [6.45, 7) is 2.96. The number of rotatable bonds is 11. The van der Waals surface area contributed by atoms with Crippen LogP contribution in [0.5, 0.6) is 5.75 Å². The summed E-state index contributed by atoms with van der Waals surface area (Å²) < 4.78 is 5.97. The van der Waals surface area contributed by atoms with Gasteiger partial charge in [-0.05, 0) is 87.8 Å². The third kappa shape index (κ3) is 5.91. The van der Waals surface area contributed by atoms with Crippen molar-refractivity contribution in [3.8, 4) is 5.75 Å². The molecule has 1 saturated carbocycles. The molecule has 2 amide bonds. The summed E-state index contributed by atoms with van der Waals surface area (Å²) in [5, 5.41) is 16.7. The van der Waals surface area contributed by atoms with E-state index in [0.29, 0.717) is 47.2 Å². The van der Waals surface area contributed by atoms with Gasteiger partial charge in [0, 0.05) is 18.3 Å². The molecule has 2 aliphatic rings. The zero-order valence-electron chi connectivity index (χ0n) is 23.6. The van der Waals surface area contributed by atoms with Crippen molar-refractivity contribution in [2.24, 2.45) is 0 Å². The molecule has 1 aliphatic heterocycles. The van der Waals surface area contributed by atoms with Gasteiger partial charge < -0.3 is 25.5 Å². The number of benzene rings is 2. The Morgan fingerprint density at radius 1 is 1.00 bits per heavy atom. The Labute approximate surface area is 243 Å². The first kappa shape index (κ1) is 27.6. The largest absolute Gasteiger partial charge is 0.494 e. The minimum Gasteiger partial charge on any atom is -0.494 e. The number of amides is 2. The van der Waals surface area contributed by atoms with E-state index in [1.807, 2.05) is 25.1 Å². The summed E-state index contributed by atoms with van der Waals surface area (Å²) in [7, 11) is 0. The van der Waals surface area contributed by atoms with Gasteiger partial charge in [0.25, 0.3) is 11.8 Å². The van der Waals surface area contributed by atoms with Gasteiger partial charge in [-0.15, -0.1) is 0 Å². The molecular weight excluding hydrogens is 534 g/mol. The number of aryl methyl sites for hydroxylation is 1. The van der Waals surface area contributed by atoms with Crippen LogP contribution in [0.1, 0.15) is 71.2 Å². The number of carbonyl (C=O) groups excluding carboxylic acids is 2. The van der Waals surface area contributed by atoms with E-state index in [4.69, 9.17) is 9.72 Å². The third-order valence-corrected chi connectivity index (χ3v) is 7.93. The van der Waals surface area contributed by atoms with Crippen LogP contribution in [-0.2, 0) is 0 Å². The van der Waals surface area contributed by atoms with Crippen LogP contribution in [0.15, 0.2) is 48.8 Å². The summed E-state index contributed by atoms with van der Waals surface area (Å²) in [5.74, 6) is 1.49. The third-order valence-electron chi connectivity index (χ3n) is 7.93. The van der Waals surface area contributed by atoms with Crippen LogP contribution in [0.4, 0.5) is 17.5 Å². The van der Waals surface area contributed by atoms with Crippen molar-refractivity contribution in [2.75, 3.05) is 23.8 Å². The fourth-order valence-electron chi connectivity index (χ4n) is 5.57. The molecule has 0 unspecified atom stereocenters. The number of aromatic nitrogens is 4. The number of imide groups is 1. The number of hydrogen-bond acceptors (Lipinski definition) is 9. The smallest absolute Gasteiger partial charge is 0.261 e. The number of hydrogen-bond donors (Lipinski definition) is 4. The number of nitrogens with zero attached hydrogens (tertiary/aromatic N) is 4. The second-order valence-electron chi connectivity index (χ2n) is 11.0. The Kier molecular flexibility index (Phi) is 8.00. The highest BCUT2D eigenvalue weighted by Crippen LogP contribution is 2.28. The van der Waals surface area contributed by atoms with Crippen LogP contribution in [0, 0.1) is 6.92 Å². The molecule has 0 spiro atoms. The van der Waals surface area contributed by atoms with Crippen LogP contribution in [0.25, 0.3) is 11.2 Å². The van der Waals surface area contributed by atoms with Crippen LogP contribution in [0.2, 0.25) is 0 Å². The summed E-state index contributed by atoms with van der Waals surface area (Å²) in [6, 6.07) is 13.0. The van der Waals surface area contributed by atoms with E-state index in [2.05, 4.69) is 25.6 Å². The highest BCUT2D eigenvalue weighted by molar-refractivity contribution is 6.21. The van der Waals surface area contributed by atoms with E-state index >= 15 is 0 Å². The lowest BCUT2D eigenvalue weighted by Crippen LogP contribution is -2.30. The number of fused-ring (bicyclic) bond motifs is 2. The molecule has 11 heteroatoms. The monoisotopic (exact) mass is 569 g/mol. The van der Waals surface area contributed by atoms with E-state index in [-0.39, 0.29) is 24.0 Å². The van der Waals surface area contributed by atoms with E-state index in [0.717, 1.165) is 61.9 Å². The molecule has 0 radical (unpaired) electrons. The summed E-state index contributed by atoms with van der Waals surface area (Å²) in [4.78, 5) is 43.1. The zero-order valence-corrected chi connectivity index (χ0v) is 23.6. The van der Waals surface area contributed by atoms with Crippen molar-refractivity contribution < 1.29 is 19.4 Å². The normalized spacial score (nSPS) is 18.4. The standard InChI is InChI=1S/C31H35N7O4/c1-19-17-22(42-16-6-2-5-15-38-29(40)23-7-3-4-8-24(23)30(38)41)13-14-25(19)35-31-36-27-26(32-18-33-27)28(37-31)34-20-9-11-21(39)12-10-20/h3-4,7-8,13-14,17-18,20-21,39H,2,5-6,9-12,15-16H2,1H3,(H3,32,33,34,35,36,37)/t20-,21-. The van der Waals surface area contributed by atoms with Gasteiger partial charge in [-0.1, -0.05) is 12.1 Å². The fraction of sp³-hybridized carbons (Fsp3) is 0.387. The van der Waals surface area contributed by atoms with Crippen molar-refractivity contribution in [3.05, 3.63) is 65.5 Å². The maximum atomic E-state index is 12.5. The summed E-state index contributed by atoms with van der Waals surface area (Å²) >= 11 is 0. The average Bonchev–Trinajstić information content (AvgIpc) is 3.56. The molecule has 6 rings (SSSR count). The number of unbranched alkanes of at least 4 members (excludes halogenated alkanes) is 2. The van der Waals surface area contributed by atoms with Crippen molar-refractivity contribution in [1.82, 2.24) is 24.8 Å².